The number of rotatable bonds is 4. The van der Waals surface area contributed by atoms with E-state index in [4.69, 9.17) is 40.2 Å². The van der Waals surface area contributed by atoms with E-state index >= 15 is 0 Å². The van der Waals surface area contributed by atoms with Gasteiger partial charge in [0.1, 0.15) is 5.75 Å². The lowest BCUT2D eigenvalue weighted by Gasteiger charge is -2.16. The van der Waals surface area contributed by atoms with Crippen LogP contribution in [0.15, 0.2) is 45.8 Å². The second-order valence-corrected chi connectivity index (χ2v) is 8.66. The van der Waals surface area contributed by atoms with Gasteiger partial charge in [0.25, 0.3) is 5.91 Å². The van der Waals surface area contributed by atoms with Gasteiger partial charge < -0.3 is 4.74 Å². The molecule has 0 unspecified atom stereocenters. The zero-order chi connectivity index (χ0) is 18.8. The zero-order valence-corrected chi connectivity index (χ0v) is 18.2. The number of benzene rings is 2. The van der Waals surface area contributed by atoms with Gasteiger partial charge >= 0.3 is 0 Å². The smallest absolute Gasteiger partial charge is 0.270 e. The molecule has 0 bridgehead atoms. The van der Waals surface area contributed by atoms with Gasteiger partial charge in [0.15, 0.2) is 4.32 Å². The normalized spacial score (nSPS) is 15.8. The summed E-state index contributed by atoms with van der Waals surface area (Å²) in [4.78, 5) is 14.8. The van der Waals surface area contributed by atoms with Crippen LogP contribution in [0.5, 0.6) is 5.75 Å². The van der Waals surface area contributed by atoms with E-state index in [9.17, 15) is 4.79 Å². The Bertz CT molecular complexity index is 933. The Labute approximate surface area is 179 Å². The number of anilines is 1. The molecule has 1 amide bonds. The summed E-state index contributed by atoms with van der Waals surface area (Å²) in [5, 5.41) is 0.864. The molecule has 0 N–H and O–H groups in total. The summed E-state index contributed by atoms with van der Waals surface area (Å²) in [5.74, 6) is 0.470. The first kappa shape index (κ1) is 19.7. The van der Waals surface area contributed by atoms with Crippen molar-refractivity contribution in [3.05, 3.63) is 61.4 Å². The molecule has 8 heteroatoms. The highest BCUT2D eigenvalue weighted by Crippen LogP contribution is 2.40. The van der Waals surface area contributed by atoms with E-state index in [0.29, 0.717) is 37.3 Å². The van der Waals surface area contributed by atoms with Crippen molar-refractivity contribution in [3.8, 4) is 5.75 Å². The average Bonchev–Trinajstić information content (AvgIpc) is 2.85. The molecule has 2 aromatic carbocycles. The van der Waals surface area contributed by atoms with E-state index in [1.54, 1.807) is 24.3 Å². The van der Waals surface area contributed by atoms with Crippen molar-refractivity contribution < 1.29 is 9.53 Å². The maximum atomic E-state index is 12.9. The van der Waals surface area contributed by atoms with E-state index in [2.05, 4.69) is 15.9 Å². The summed E-state index contributed by atoms with van der Waals surface area (Å²) in [6.07, 6.45) is 1.78. The second-order valence-electron chi connectivity index (χ2n) is 5.23. The number of halogens is 3. The molecule has 0 radical (unpaired) electrons. The van der Waals surface area contributed by atoms with E-state index in [0.717, 1.165) is 10.0 Å². The maximum Gasteiger partial charge on any atom is 0.270 e. The fourth-order valence-corrected chi connectivity index (χ4v) is 4.55. The zero-order valence-electron chi connectivity index (χ0n) is 13.5. The Morgan fingerprint density at radius 2 is 2.04 bits per heavy atom. The van der Waals surface area contributed by atoms with Crippen LogP contribution in [0, 0.1) is 0 Å². The summed E-state index contributed by atoms with van der Waals surface area (Å²) in [6, 6.07) is 10.6. The molecule has 134 valence electrons. The third kappa shape index (κ3) is 4.10. The molecule has 1 heterocycles. The van der Waals surface area contributed by atoms with Crippen LogP contribution in [-0.2, 0) is 4.79 Å². The second kappa shape index (κ2) is 8.31. The number of thiocarbonyl (C=S) groups is 1. The van der Waals surface area contributed by atoms with Crippen molar-refractivity contribution in [2.24, 2.45) is 0 Å². The Morgan fingerprint density at radius 1 is 1.27 bits per heavy atom. The van der Waals surface area contributed by atoms with E-state index < -0.39 is 0 Å². The highest BCUT2D eigenvalue weighted by molar-refractivity contribution is 9.10. The number of carbonyl (C=O) groups is 1. The summed E-state index contributed by atoms with van der Waals surface area (Å²) >= 11 is 22.2. The summed E-state index contributed by atoms with van der Waals surface area (Å²) in [5.41, 5.74) is 1.31. The minimum Gasteiger partial charge on any atom is -0.493 e. The van der Waals surface area contributed by atoms with E-state index in [-0.39, 0.29) is 5.91 Å². The van der Waals surface area contributed by atoms with E-state index in [1.165, 1.54) is 16.7 Å². The van der Waals surface area contributed by atoms with Crippen molar-refractivity contribution in [1.29, 1.82) is 0 Å². The number of hydrogen-bond donors (Lipinski definition) is 0. The maximum absolute atomic E-state index is 12.9. The average molecular weight is 489 g/mol. The quantitative estimate of drug-likeness (QED) is 0.360. The van der Waals surface area contributed by atoms with Gasteiger partial charge in [-0.05, 0) is 49.4 Å². The fourth-order valence-electron chi connectivity index (χ4n) is 2.40. The number of nitrogens with zero attached hydrogens (tertiary/aromatic N) is 1. The number of thioether (sulfide) groups is 1. The fraction of sp³-hybridized carbons (Fsp3) is 0.111. The number of amides is 1. The Morgan fingerprint density at radius 3 is 2.73 bits per heavy atom. The van der Waals surface area contributed by atoms with Crippen LogP contribution < -0.4 is 9.64 Å². The van der Waals surface area contributed by atoms with Crippen molar-refractivity contribution in [1.82, 2.24) is 0 Å². The molecule has 3 rings (SSSR count). The highest BCUT2D eigenvalue weighted by Gasteiger charge is 2.34. The molecule has 26 heavy (non-hydrogen) atoms. The molecule has 2 aromatic rings. The first-order valence-electron chi connectivity index (χ1n) is 7.56. The van der Waals surface area contributed by atoms with Gasteiger partial charge in [0.2, 0.25) is 0 Å². The summed E-state index contributed by atoms with van der Waals surface area (Å²) in [6.45, 7) is 2.44. The minimum atomic E-state index is -0.230. The van der Waals surface area contributed by atoms with Crippen LogP contribution in [0.25, 0.3) is 6.08 Å². The highest BCUT2D eigenvalue weighted by atomic mass is 79.9. The molecule has 3 nitrogen and oxygen atoms in total. The van der Waals surface area contributed by atoms with Crippen molar-refractivity contribution in [2.45, 2.75) is 6.92 Å². The topological polar surface area (TPSA) is 29.5 Å². The molecular weight excluding hydrogens is 477 g/mol. The van der Waals surface area contributed by atoms with Crippen LogP contribution in [0.3, 0.4) is 0 Å². The molecule has 0 aromatic heterocycles. The predicted molar refractivity (Wildman–Crippen MR) is 117 cm³/mol. The Hall–Kier alpha value is -1.05. The molecule has 0 atom stereocenters. The van der Waals surface area contributed by atoms with Gasteiger partial charge in [0.05, 0.1) is 22.2 Å². The lowest BCUT2D eigenvalue weighted by molar-refractivity contribution is -0.113. The van der Waals surface area contributed by atoms with Crippen LogP contribution >= 0.6 is 63.1 Å². The van der Waals surface area contributed by atoms with Gasteiger partial charge in [-0.1, -0.05) is 63.1 Å². The van der Waals surface area contributed by atoms with Gasteiger partial charge in [-0.3, -0.25) is 9.69 Å². The standard InChI is InChI=1S/C18H12BrCl2NO2S2/c1-2-24-15-6-3-11(19)7-10(15)8-16-17(23)22(18(25)26-16)14-5-4-12(20)9-13(14)21/h3-9H,2H2,1H3/b16-8-. The molecule has 1 aliphatic rings. The summed E-state index contributed by atoms with van der Waals surface area (Å²) < 4.78 is 6.95. The van der Waals surface area contributed by atoms with Crippen LogP contribution in [0.2, 0.25) is 10.0 Å². The lowest BCUT2D eigenvalue weighted by Crippen LogP contribution is -2.27. The Kier molecular flexibility index (Phi) is 6.30. The number of hydrogen-bond acceptors (Lipinski definition) is 4. The molecule has 0 aliphatic carbocycles. The minimum absolute atomic E-state index is 0.230. The van der Waals surface area contributed by atoms with Crippen LogP contribution in [0.1, 0.15) is 12.5 Å². The molecule has 1 saturated heterocycles. The largest absolute Gasteiger partial charge is 0.493 e. The van der Waals surface area contributed by atoms with E-state index in [1.807, 2.05) is 25.1 Å². The predicted octanol–water partition coefficient (Wildman–Crippen LogP) is 6.56. The monoisotopic (exact) mass is 487 g/mol. The van der Waals surface area contributed by atoms with Gasteiger partial charge in [-0.15, -0.1) is 0 Å². The molecule has 0 spiro atoms. The van der Waals surface area contributed by atoms with Gasteiger partial charge in [-0.2, -0.15) is 0 Å². The lowest BCUT2D eigenvalue weighted by atomic mass is 10.2. The first-order chi connectivity index (χ1) is 12.4. The Balaban J connectivity index is 1.99. The van der Waals surface area contributed by atoms with Crippen molar-refractivity contribution in [3.63, 3.8) is 0 Å². The third-order valence-electron chi connectivity index (χ3n) is 3.50. The first-order valence-corrected chi connectivity index (χ1v) is 10.3. The summed E-state index contributed by atoms with van der Waals surface area (Å²) in [7, 11) is 0. The van der Waals surface area contributed by atoms with Gasteiger partial charge in [0, 0.05) is 15.1 Å². The van der Waals surface area contributed by atoms with Gasteiger partial charge in [-0.25, -0.2) is 0 Å². The van der Waals surface area contributed by atoms with Crippen molar-refractivity contribution in [2.75, 3.05) is 11.5 Å². The SMILES string of the molecule is CCOc1ccc(Br)cc1/C=C1\SC(=S)N(c2ccc(Cl)cc2Cl)C1=O. The van der Waals surface area contributed by atoms with Crippen LogP contribution in [0.4, 0.5) is 5.69 Å². The number of ether oxygens (including phenoxy) is 1. The molecule has 1 aliphatic heterocycles. The molecule has 1 fully saturated rings. The molecular formula is C18H12BrCl2NO2S2. The third-order valence-corrected chi connectivity index (χ3v) is 5.84. The molecule has 0 saturated carbocycles. The van der Waals surface area contributed by atoms with Crippen molar-refractivity contribution >= 4 is 85.1 Å². The number of carbonyl (C=O) groups excluding carboxylic acids is 1. The van der Waals surface area contributed by atoms with Crippen LogP contribution in [-0.4, -0.2) is 16.8 Å².